The van der Waals surface area contributed by atoms with Gasteiger partial charge in [-0.25, -0.2) is 0 Å². The van der Waals surface area contributed by atoms with Crippen molar-refractivity contribution in [2.24, 2.45) is 5.73 Å². The lowest BCUT2D eigenvalue weighted by molar-refractivity contribution is -0.115. The van der Waals surface area contributed by atoms with E-state index in [0.717, 1.165) is 22.7 Å². The van der Waals surface area contributed by atoms with Crippen LogP contribution in [0.15, 0.2) is 26.9 Å². The minimum absolute atomic E-state index is 0.103. The van der Waals surface area contributed by atoms with E-state index >= 15 is 0 Å². The largest absolute Gasteiger partial charge is 0.369 e. The second-order valence-electron chi connectivity index (χ2n) is 5.14. The molecular weight excluding hydrogens is 350 g/mol. The number of thioether (sulfide) groups is 2. The molecule has 2 N–H and O–H groups in total. The number of nitrogens with zero attached hydrogens (tertiary/aromatic N) is 2. The van der Waals surface area contributed by atoms with Crippen molar-refractivity contribution in [3.63, 3.8) is 0 Å². The highest BCUT2D eigenvalue weighted by Gasteiger charge is 2.15. The number of nitrogens with two attached hydrogens (primary N) is 1. The smallest absolute Gasteiger partial charge is 0.227 e. The van der Waals surface area contributed by atoms with Crippen LogP contribution in [0.2, 0.25) is 0 Å². The number of aryl methyl sites for hydroxylation is 2. The van der Waals surface area contributed by atoms with Crippen LogP contribution in [-0.4, -0.2) is 33.4 Å². The van der Waals surface area contributed by atoms with E-state index in [9.17, 15) is 9.59 Å². The molecule has 0 atom stereocenters. The second kappa shape index (κ2) is 7.46. The van der Waals surface area contributed by atoms with Gasteiger partial charge in [0.2, 0.25) is 5.91 Å². The molecule has 1 heterocycles. The van der Waals surface area contributed by atoms with Crippen LogP contribution in [0.4, 0.5) is 0 Å². The molecule has 1 aliphatic carbocycles. The molecule has 0 bridgehead atoms. The van der Waals surface area contributed by atoms with E-state index in [1.165, 1.54) is 52.4 Å². The molecule has 23 heavy (non-hydrogen) atoms. The summed E-state index contributed by atoms with van der Waals surface area (Å²) in [6, 6.07) is 6.02. The molecule has 0 unspecified atom stereocenters. The Labute approximate surface area is 146 Å². The van der Waals surface area contributed by atoms with Crippen molar-refractivity contribution in [3.05, 3.63) is 34.9 Å². The lowest BCUT2D eigenvalue weighted by Crippen LogP contribution is -2.12. The Balaban J connectivity index is 1.55. The highest BCUT2D eigenvalue weighted by molar-refractivity contribution is 8.03. The van der Waals surface area contributed by atoms with Crippen LogP contribution < -0.4 is 5.73 Å². The van der Waals surface area contributed by atoms with Crippen molar-refractivity contribution >= 4 is 46.6 Å². The van der Waals surface area contributed by atoms with Gasteiger partial charge in [0.15, 0.2) is 14.5 Å². The number of amides is 1. The first-order chi connectivity index (χ1) is 11.1. The zero-order valence-electron chi connectivity index (χ0n) is 12.3. The summed E-state index contributed by atoms with van der Waals surface area (Å²) in [5, 5.41) is 8.00. The summed E-state index contributed by atoms with van der Waals surface area (Å²) in [4.78, 5) is 23.0. The van der Waals surface area contributed by atoms with Crippen molar-refractivity contribution in [2.75, 3.05) is 11.5 Å². The number of rotatable bonds is 7. The summed E-state index contributed by atoms with van der Waals surface area (Å²) in [6.45, 7) is 0. The van der Waals surface area contributed by atoms with E-state index in [-0.39, 0.29) is 17.4 Å². The van der Waals surface area contributed by atoms with Crippen molar-refractivity contribution in [1.29, 1.82) is 0 Å². The SMILES string of the molecule is NC(=O)CSc1nnc(SCC(=O)c2ccc3c(c2)CCC3)s1. The highest BCUT2D eigenvalue weighted by atomic mass is 32.2. The summed E-state index contributed by atoms with van der Waals surface area (Å²) in [7, 11) is 0. The normalized spacial score (nSPS) is 13.0. The Bertz CT molecular complexity index is 745. The average molecular weight is 366 g/mol. The molecule has 1 aromatic heterocycles. The van der Waals surface area contributed by atoms with Crippen LogP contribution in [0.3, 0.4) is 0 Å². The van der Waals surface area contributed by atoms with Crippen LogP contribution in [0.25, 0.3) is 0 Å². The molecule has 8 heteroatoms. The maximum absolute atomic E-state index is 12.3. The number of aromatic nitrogens is 2. The fourth-order valence-corrected chi connectivity index (χ4v) is 5.06. The van der Waals surface area contributed by atoms with Gasteiger partial charge in [0.05, 0.1) is 11.5 Å². The molecule has 0 spiro atoms. The van der Waals surface area contributed by atoms with Gasteiger partial charge in [-0.3, -0.25) is 9.59 Å². The zero-order chi connectivity index (χ0) is 16.2. The van der Waals surface area contributed by atoms with E-state index in [4.69, 9.17) is 5.73 Å². The molecule has 1 aromatic carbocycles. The molecule has 5 nitrogen and oxygen atoms in total. The molecule has 2 aromatic rings. The van der Waals surface area contributed by atoms with Gasteiger partial charge in [0.25, 0.3) is 0 Å². The monoisotopic (exact) mass is 365 g/mol. The van der Waals surface area contributed by atoms with E-state index in [0.29, 0.717) is 10.1 Å². The zero-order valence-corrected chi connectivity index (χ0v) is 14.7. The number of ketones is 1. The van der Waals surface area contributed by atoms with E-state index in [2.05, 4.69) is 16.3 Å². The second-order valence-corrected chi connectivity index (χ2v) is 8.56. The molecule has 120 valence electrons. The van der Waals surface area contributed by atoms with Gasteiger partial charge in [0, 0.05) is 5.56 Å². The first-order valence-electron chi connectivity index (χ1n) is 7.14. The lowest BCUT2D eigenvalue weighted by Gasteiger charge is -2.03. The molecular formula is C15H15N3O2S3. The topological polar surface area (TPSA) is 85.9 Å². The quantitative estimate of drug-likeness (QED) is 0.599. The summed E-state index contributed by atoms with van der Waals surface area (Å²) in [5.41, 5.74) is 8.54. The number of carbonyl (C=O) groups is 2. The number of benzene rings is 1. The van der Waals surface area contributed by atoms with Gasteiger partial charge in [-0.1, -0.05) is 47.0 Å². The molecule has 3 rings (SSSR count). The molecule has 0 fully saturated rings. The fourth-order valence-electron chi connectivity index (χ4n) is 2.40. The van der Waals surface area contributed by atoms with Crippen LogP contribution in [0, 0.1) is 0 Å². The van der Waals surface area contributed by atoms with Crippen LogP contribution in [0.5, 0.6) is 0 Å². The minimum atomic E-state index is -0.383. The van der Waals surface area contributed by atoms with Crippen molar-refractivity contribution in [3.8, 4) is 0 Å². The van der Waals surface area contributed by atoms with Crippen molar-refractivity contribution in [2.45, 2.75) is 27.9 Å². The predicted molar refractivity (Wildman–Crippen MR) is 93.3 cm³/mol. The van der Waals surface area contributed by atoms with Gasteiger partial charge in [-0.15, -0.1) is 10.2 Å². The third-order valence-electron chi connectivity index (χ3n) is 3.47. The average Bonchev–Trinajstić information content (AvgIpc) is 3.18. The predicted octanol–water partition coefficient (Wildman–Crippen LogP) is 2.58. The van der Waals surface area contributed by atoms with Crippen molar-refractivity contribution < 1.29 is 9.59 Å². The maximum atomic E-state index is 12.3. The Kier molecular flexibility index (Phi) is 5.34. The van der Waals surface area contributed by atoms with Gasteiger partial charge in [-0.2, -0.15) is 0 Å². The van der Waals surface area contributed by atoms with Gasteiger partial charge >= 0.3 is 0 Å². The number of hydrogen-bond acceptors (Lipinski definition) is 7. The summed E-state index contributed by atoms with van der Waals surface area (Å²) < 4.78 is 1.42. The van der Waals surface area contributed by atoms with E-state index < -0.39 is 0 Å². The molecule has 0 saturated heterocycles. The number of primary amides is 1. The first-order valence-corrected chi connectivity index (χ1v) is 9.93. The summed E-state index contributed by atoms with van der Waals surface area (Å²) >= 11 is 4.02. The standard InChI is InChI=1S/C15H15N3O2S3/c16-13(20)8-22-15-18-17-14(23-15)21-7-12(19)11-5-4-9-2-1-3-10(9)6-11/h4-6H,1-3,7-8H2,(H2,16,20). The molecule has 0 aliphatic heterocycles. The van der Waals surface area contributed by atoms with E-state index in [1.807, 2.05) is 12.1 Å². The Morgan fingerprint density at radius 2 is 1.78 bits per heavy atom. The van der Waals surface area contributed by atoms with Gasteiger partial charge in [-0.05, 0) is 36.5 Å². The Morgan fingerprint density at radius 3 is 2.52 bits per heavy atom. The summed E-state index contributed by atoms with van der Waals surface area (Å²) in [6.07, 6.45) is 3.37. The fraction of sp³-hybridized carbons (Fsp3) is 0.333. The lowest BCUT2D eigenvalue weighted by atomic mass is 10.0. The van der Waals surface area contributed by atoms with Crippen molar-refractivity contribution in [1.82, 2.24) is 10.2 Å². The molecule has 1 amide bonds. The molecule has 0 saturated carbocycles. The number of Topliss-reactive ketones (excluding diaryl/α,β-unsaturated/α-hetero) is 1. The van der Waals surface area contributed by atoms with E-state index in [1.54, 1.807) is 0 Å². The number of fused-ring (bicyclic) bond motifs is 1. The number of hydrogen-bond donors (Lipinski definition) is 1. The van der Waals surface area contributed by atoms with Crippen LogP contribution in [0.1, 0.15) is 27.9 Å². The summed E-state index contributed by atoms with van der Waals surface area (Å²) in [5.74, 6) is 0.249. The third-order valence-corrected chi connectivity index (χ3v) is 6.69. The maximum Gasteiger partial charge on any atom is 0.227 e. The highest BCUT2D eigenvalue weighted by Crippen LogP contribution is 2.29. The minimum Gasteiger partial charge on any atom is -0.369 e. The molecule has 0 radical (unpaired) electrons. The van der Waals surface area contributed by atoms with Crippen LogP contribution >= 0.6 is 34.9 Å². The van der Waals surface area contributed by atoms with Gasteiger partial charge < -0.3 is 5.73 Å². The van der Waals surface area contributed by atoms with Gasteiger partial charge in [0.1, 0.15) is 0 Å². The first kappa shape index (κ1) is 16.5. The molecule has 1 aliphatic rings. The Hall–Kier alpha value is -1.38. The number of carbonyl (C=O) groups excluding carboxylic acids is 2. The third kappa shape index (κ3) is 4.33. The van der Waals surface area contributed by atoms with Crippen LogP contribution in [-0.2, 0) is 17.6 Å². The Morgan fingerprint density at radius 1 is 1.09 bits per heavy atom.